The van der Waals surface area contributed by atoms with E-state index in [1.165, 1.54) is 22.8 Å². The zero-order chi connectivity index (χ0) is 16.8. The summed E-state index contributed by atoms with van der Waals surface area (Å²) in [5.74, 6) is -0.729. The Labute approximate surface area is 137 Å². The second-order valence-corrected chi connectivity index (χ2v) is 6.03. The van der Waals surface area contributed by atoms with Crippen LogP contribution in [-0.4, -0.2) is 23.2 Å². The van der Waals surface area contributed by atoms with E-state index in [0.29, 0.717) is 11.3 Å². The average Bonchev–Trinajstić information content (AvgIpc) is 2.92. The van der Waals surface area contributed by atoms with E-state index in [0.717, 1.165) is 17.8 Å². The predicted octanol–water partition coefficient (Wildman–Crippen LogP) is 2.85. The summed E-state index contributed by atoms with van der Waals surface area (Å²) in [5.41, 5.74) is 1.00. The van der Waals surface area contributed by atoms with Crippen molar-refractivity contribution in [2.45, 2.75) is 32.9 Å². The SMILES string of the molecule is CC[C@@H](C)OCC(=O)Nc1ccc(F)cc1Cn1ccsc1=O. The molecule has 0 fully saturated rings. The normalized spacial score (nSPS) is 12.1. The molecule has 7 heteroatoms. The minimum atomic E-state index is -0.419. The van der Waals surface area contributed by atoms with Crippen molar-refractivity contribution in [2.24, 2.45) is 0 Å². The Morgan fingerprint density at radius 1 is 1.48 bits per heavy atom. The van der Waals surface area contributed by atoms with Crippen LogP contribution in [0.3, 0.4) is 0 Å². The molecule has 1 amide bonds. The van der Waals surface area contributed by atoms with E-state index in [2.05, 4.69) is 5.32 Å². The first-order valence-corrected chi connectivity index (χ1v) is 8.21. The highest BCUT2D eigenvalue weighted by Crippen LogP contribution is 2.18. The number of hydrogen-bond acceptors (Lipinski definition) is 4. The second kappa shape index (κ2) is 8.03. The Hall–Kier alpha value is -1.99. The quantitative estimate of drug-likeness (QED) is 0.844. The number of thiazole rings is 1. The van der Waals surface area contributed by atoms with E-state index in [4.69, 9.17) is 4.74 Å². The summed E-state index contributed by atoms with van der Waals surface area (Å²) >= 11 is 1.07. The van der Waals surface area contributed by atoms with Crippen molar-refractivity contribution in [3.8, 4) is 0 Å². The van der Waals surface area contributed by atoms with Gasteiger partial charge in [-0.2, -0.15) is 0 Å². The number of amides is 1. The number of carbonyl (C=O) groups is 1. The molecule has 1 heterocycles. The molecule has 0 aliphatic rings. The van der Waals surface area contributed by atoms with Gasteiger partial charge in [-0.1, -0.05) is 18.3 Å². The molecule has 0 saturated heterocycles. The highest BCUT2D eigenvalue weighted by atomic mass is 32.1. The van der Waals surface area contributed by atoms with Gasteiger partial charge in [0.15, 0.2) is 0 Å². The fourth-order valence-corrected chi connectivity index (χ4v) is 2.51. The van der Waals surface area contributed by atoms with Crippen molar-refractivity contribution >= 4 is 22.9 Å². The average molecular weight is 338 g/mol. The third-order valence-corrected chi connectivity index (χ3v) is 4.09. The fourth-order valence-electron chi connectivity index (χ4n) is 1.93. The molecular weight excluding hydrogens is 319 g/mol. The largest absolute Gasteiger partial charge is 0.369 e. The van der Waals surface area contributed by atoms with Crippen LogP contribution in [0.5, 0.6) is 0 Å². The maximum absolute atomic E-state index is 13.5. The van der Waals surface area contributed by atoms with Crippen LogP contribution in [0.2, 0.25) is 0 Å². The lowest BCUT2D eigenvalue weighted by molar-refractivity contribution is -0.122. The molecule has 2 rings (SSSR count). The summed E-state index contributed by atoms with van der Waals surface area (Å²) in [4.78, 5) is 23.4. The minimum absolute atomic E-state index is 0.00202. The van der Waals surface area contributed by atoms with Crippen LogP contribution in [0.4, 0.5) is 10.1 Å². The van der Waals surface area contributed by atoms with Gasteiger partial charge in [-0.15, -0.1) is 0 Å². The van der Waals surface area contributed by atoms with Crippen LogP contribution >= 0.6 is 11.3 Å². The first-order chi connectivity index (χ1) is 11.0. The van der Waals surface area contributed by atoms with Crippen molar-refractivity contribution in [1.29, 1.82) is 0 Å². The molecule has 1 aromatic heterocycles. The van der Waals surface area contributed by atoms with Crippen LogP contribution in [0.25, 0.3) is 0 Å². The highest BCUT2D eigenvalue weighted by molar-refractivity contribution is 7.07. The van der Waals surface area contributed by atoms with E-state index >= 15 is 0 Å². The number of hydrogen-bond donors (Lipinski definition) is 1. The molecule has 0 unspecified atom stereocenters. The van der Waals surface area contributed by atoms with E-state index in [9.17, 15) is 14.0 Å². The molecule has 0 aliphatic heterocycles. The van der Waals surface area contributed by atoms with Gasteiger partial charge in [-0.25, -0.2) is 4.39 Å². The lowest BCUT2D eigenvalue weighted by atomic mass is 10.1. The zero-order valence-corrected chi connectivity index (χ0v) is 13.9. The minimum Gasteiger partial charge on any atom is -0.369 e. The predicted molar refractivity (Wildman–Crippen MR) is 88.4 cm³/mol. The lowest BCUT2D eigenvalue weighted by Crippen LogP contribution is -2.23. The summed E-state index contributed by atoms with van der Waals surface area (Å²) in [6, 6.07) is 4.07. The van der Waals surface area contributed by atoms with Gasteiger partial charge >= 0.3 is 4.87 Å². The second-order valence-electron chi connectivity index (χ2n) is 5.18. The maximum Gasteiger partial charge on any atom is 0.307 e. The number of ether oxygens (including phenoxy) is 1. The van der Waals surface area contributed by atoms with Crippen LogP contribution in [0.1, 0.15) is 25.8 Å². The third-order valence-electron chi connectivity index (χ3n) is 3.40. The Kier molecular flexibility index (Phi) is 6.06. The molecule has 0 saturated carbocycles. The van der Waals surface area contributed by atoms with Crippen molar-refractivity contribution in [1.82, 2.24) is 4.57 Å². The van der Waals surface area contributed by atoms with Gasteiger partial charge in [-0.05, 0) is 37.1 Å². The first kappa shape index (κ1) is 17.4. The summed E-state index contributed by atoms with van der Waals surface area (Å²) in [5, 5.41) is 4.37. The molecular formula is C16H19FN2O3S. The van der Waals surface area contributed by atoms with Crippen LogP contribution in [0.15, 0.2) is 34.6 Å². The maximum atomic E-state index is 13.5. The van der Waals surface area contributed by atoms with Crippen LogP contribution < -0.4 is 10.2 Å². The van der Waals surface area contributed by atoms with Crippen molar-refractivity contribution in [2.75, 3.05) is 11.9 Å². The summed E-state index contributed by atoms with van der Waals surface area (Å²) in [6.07, 6.45) is 2.45. The fraction of sp³-hybridized carbons (Fsp3) is 0.375. The first-order valence-electron chi connectivity index (χ1n) is 7.33. The molecule has 5 nitrogen and oxygen atoms in total. The molecule has 0 radical (unpaired) electrons. The number of benzene rings is 1. The molecule has 1 aromatic carbocycles. The lowest BCUT2D eigenvalue weighted by Gasteiger charge is -2.13. The number of nitrogens with zero attached hydrogens (tertiary/aromatic N) is 1. The third kappa shape index (κ3) is 5.01. The number of nitrogens with one attached hydrogen (secondary N) is 1. The van der Waals surface area contributed by atoms with Gasteiger partial charge < -0.3 is 14.6 Å². The molecule has 124 valence electrons. The van der Waals surface area contributed by atoms with Crippen molar-refractivity contribution in [3.05, 3.63) is 50.8 Å². The Bertz CT molecular complexity index is 726. The summed E-state index contributed by atoms with van der Waals surface area (Å²) in [7, 11) is 0. The van der Waals surface area contributed by atoms with Gasteiger partial charge in [-0.3, -0.25) is 9.59 Å². The van der Waals surface area contributed by atoms with Crippen LogP contribution in [0, 0.1) is 5.82 Å². The molecule has 23 heavy (non-hydrogen) atoms. The molecule has 1 atom stereocenters. The van der Waals surface area contributed by atoms with E-state index in [1.54, 1.807) is 11.6 Å². The van der Waals surface area contributed by atoms with Gasteiger partial charge in [0.05, 0.1) is 12.6 Å². The van der Waals surface area contributed by atoms with Gasteiger partial charge in [0, 0.05) is 17.3 Å². The van der Waals surface area contributed by atoms with Gasteiger partial charge in [0.2, 0.25) is 5.91 Å². The molecule has 0 bridgehead atoms. The zero-order valence-electron chi connectivity index (χ0n) is 13.0. The molecule has 1 N–H and O–H groups in total. The smallest absolute Gasteiger partial charge is 0.307 e. The number of anilines is 1. The van der Waals surface area contributed by atoms with Gasteiger partial charge in [0.1, 0.15) is 12.4 Å². The van der Waals surface area contributed by atoms with E-state index in [-0.39, 0.29) is 30.0 Å². The van der Waals surface area contributed by atoms with Crippen molar-refractivity contribution < 1.29 is 13.9 Å². The summed E-state index contributed by atoms with van der Waals surface area (Å²) < 4.78 is 20.3. The van der Waals surface area contributed by atoms with Gasteiger partial charge in [0.25, 0.3) is 0 Å². The molecule has 2 aromatic rings. The number of aromatic nitrogens is 1. The molecule has 0 spiro atoms. The Balaban J connectivity index is 2.11. The van der Waals surface area contributed by atoms with Crippen LogP contribution in [-0.2, 0) is 16.1 Å². The Morgan fingerprint density at radius 2 is 2.26 bits per heavy atom. The van der Waals surface area contributed by atoms with Crippen molar-refractivity contribution in [3.63, 3.8) is 0 Å². The van der Waals surface area contributed by atoms with E-state index < -0.39 is 5.82 Å². The number of carbonyl (C=O) groups excluding carboxylic acids is 1. The number of halogens is 1. The number of rotatable bonds is 7. The molecule has 0 aliphatic carbocycles. The standard InChI is InChI=1S/C16H19FN2O3S/c1-3-11(2)22-10-15(20)18-14-5-4-13(17)8-12(14)9-19-6-7-23-16(19)21/h4-8,11H,3,9-10H2,1-2H3,(H,18,20)/t11-/m1/s1. The monoisotopic (exact) mass is 338 g/mol. The van der Waals surface area contributed by atoms with E-state index in [1.807, 2.05) is 13.8 Å². The topological polar surface area (TPSA) is 60.3 Å². The highest BCUT2D eigenvalue weighted by Gasteiger charge is 2.11. The Morgan fingerprint density at radius 3 is 2.91 bits per heavy atom. The summed E-state index contributed by atoms with van der Waals surface area (Å²) in [6.45, 7) is 3.99.